The second kappa shape index (κ2) is 7.71. The van der Waals surface area contributed by atoms with E-state index in [1.54, 1.807) is 32.4 Å². The van der Waals surface area contributed by atoms with Gasteiger partial charge in [-0.05, 0) is 24.1 Å². The third kappa shape index (κ3) is 4.67. The van der Waals surface area contributed by atoms with Crippen LogP contribution in [0.25, 0.3) is 0 Å². The zero-order chi connectivity index (χ0) is 15.9. The normalized spacial score (nSPS) is 10.1. The van der Waals surface area contributed by atoms with Crippen molar-refractivity contribution in [3.05, 3.63) is 53.1 Å². The first-order chi connectivity index (χ1) is 10.6. The van der Waals surface area contributed by atoms with Gasteiger partial charge < -0.3 is 14.8 Å². The molecule has 116 valence electrons. The lowest BCUT2D eigenvalue weighted by atomic mass is 10.1. The maximum atomic E-state index is 12.0. The van der Waals surface area contributed by atoms with E-state index in [-0.39, 0.29) is 5.91 Å². The van der Waals surface area contributed by atoms with Crippen molar-refractivity contribution >= 4 is 23.2 Å². The van der Waals surface area contributed by atoms with E-state index >= 15 is 0 Å². The molecule has 0 saturated heterocycles. The average Bonchev–Trinajstić information content (AvgIpc) is 2.54. The van der Waals surface area contributed by atoms with Crippen LogP contribution in [0.3, 0.4) is 0 Å². The number of carbonyl (C=O) groups excluding carboxylic acids is 1. The van der Waals surface area contributed by atoms with E-state index in [4.69, 9.17) is 21.1 Å². The van der Waals surface area contributed by atoms with Crippen LogP contribution >= 0.6 is 11.6 Å². The van der Waals surface area contributed by atoms with E-state index in [1.165, 1.54) is 0 Å². The van der Waals surface area contributed by atoms with Gasteiger partial charge in [0.1, 0.15) is 11.5 Å². The summed E-state index contributed by atoms with van der Waals surface area (Å²) in [6.45, 7) is 0. The van der Waals surface area contributed by atoms with Gasteiger partial charge in [-0.3, -0.25) is 4.79 Å². The number of amides is 1. The molecule has 0 radical (unpaired) electrons. The fourth-order valence-electron chi connectivity index (χ4n) is 2.01. The predicted molar refractivity (Wildman–Crippen MR) is 87.9 cm³/mol. The molecule has 1 N–H and O–H groups in total. The summed E-state index contributed by atoms with van der Waals surface area (Å²) in [6, 6.07) is 12.7. The summed E-state index contributed by atoms with van der Waals surface area (Å²) >= 11 is 5.84. The molecule has 4 nitrogen and oxygen atoms in total. The Labute approximate surface area is 135 Å². The van der Waals surface area contributed by atoms with E-state index in [1.807, 2.05) is 24.3 Å². The van der Waals surface area contributed by atoms with Crippen LogP contribution in [-0.4, -0.2) is 20.1 Å². The summed E-state index contributed by atoms with van der Waals surface area (Å²) in [4.78, 5) is 12.0. The highest BCUT2D eigenvalue weighted by Gasteiger charge is 2.06. The Morgan fingerprint density at radius 3 is 2.18 bits per heavy atom. The first-order valence-electron chi connectivity index (χ1n) is 6.88. The third-order valence-electron chi connectivity index (χ3n) is 3.19. The number of nitrogens with one attached hydrogen (secondary N) is 1. The van der Waals surface area contributed by atoms with Gasteiger partial charge in [-0.2, -0.15) is 0 Å². The minimum atomic E-state index is -0.0646. The fourth-order valence-corrected chi connectivity index (χ4v) is 2.14. The molecule has 0 saturated carbocycles. The van der Waals surface area contributed by atoms with E-state index in [2.05, 4.69) is 5.32 Å². The Morgan fingerprint density at radius 1 is 1.05 bits per heavy atom. The first kappa shape index (κ1) is 16.2. The van der Waals surface area contributed by atoms with E-state index in [0.29, 0.717) is 35.1 Å². The molecule has 0 unspecified atom stereocenters. The van der Waals surface area contributed by atoms with Gasteiger partial charge in [-0.1, -0.05) is 23.7 Å². The molecule has 0 aliphatic rings. The Balaban J connectivity index is 1.95. The molecule has 0 aliphatic heterocycles. The van der Waals surface area contributed by atoms with Gasteiger partial charge in [0.25, 0.3) is 0 Å². The molecule has 0 aromatic heterocycles. The first-order valence-corrected chi connectivity index (χ1v) is 7.26. The van der Waals surface area contributed by atoms with Crippen LogP contribution in [0.1, 0.15) is 12.0 Å². The lowest BCUT2D eigenvalue weighted by molar-refractivity contribution is -0.116. The minimum Gasteiger partial charge on any atom is -0.497 e. The summed E-state index contributed by atoms with van der Waals surface area (Å²) in [5.74, 6) is 1.20. The molecule has 2 rings (SSSR count). The monoisotopic (exact) mass is 319 g/mol. The minimum absolute atomic E-state index is 0.0646. The molecule has 0 bridgehead atoms. The van der Waals surface area contributed by atoms with Crippen LogP contribution in [0, 0.1) is 0 Å². The quantitative estimate of drug-likeness (QED) is 0.877. The maximum Gasteiger partial charge on any atom is 0.224 e. The highest BCUT2D eigenvalue weighted by atomic mass is 35.5. The molecule has 0 atom stereocenters. The predicted octanol–water partition coefficient (Wildman–Crippen LogP) is 3.93. The summed E-state index contributed by atoms with van der Waals surface area (Å²) in [7, 11) is 3.14. The van der Waals surface area contributed by atoms with Crippen molar-refractivity contribution < 1.29 is 14.3 Å². The van der Waals surface area contributed by atoms with Crippen LogP contribution in [0.4, 0.5) is 5.69 Å². The van der Waals surface area contributed by atoms with Crippen LogP contribution < -0.4 is 14.8 Å². The van der Waals surface area contributed by atoms with Crippen molar-refractivity contribution in [3.63, 3.8) is 0 Å². The summed E-state index contributed by atoms with van der Waals surface area (Å²) < 4.78 is 10.4. The van der Waals surface area contributed by atoms with Gasteiger partial charge >= 0.3 is 0 Å². The van der Waals surface area contributed by atoms with Gasteiger partial charge in [0.2, 0.25) is 5.91 Å². The van der Waals surface area contributed by atoms with Crippen molar-refractivity contribution in [2.45, 2.75) is 12.8 Å². The number of ether oxygens (including phenoxy) is 2. The zero-order valence-electron chi connectivity index (χ0n) is 12.6. The van der Waals surface area contributed by atoms with Crippen molar-refractivity contribution in [1.82, 2.24) is 0 Å². The molecule has 22 heavy (non-hydrogen) atoms. The molecule has 5 heteroatoms. The van der Waals surface area contributed by atoms with Crippen molar-refractivity contribution in [2.24, 2.45) is 0 Å². The number of rotatable bonds is 6. The van der Waals surface area contributed by atoms with Gasteiger partial charge in [0.05, 0.1) is 14.2 Å². The number of carbonyl (C=O) groups is 1. The zero-order valence-corrected chi connectivity index (χ0v) is 13.3. The highest BCUT2D eigenvalue weighted by Crippen LogP contribution is 2.25. The molecular formula is C17H18ClNO3. The summed E-state index contributed by atoms with van der Waals surface area (Å²) in [5.41, 5.74) is 1.72. The van der Waals surface area contributed by atoms with Crippen molar-refractivity contribution in [2.75, 3.05) is 19.5 Å². The highest BCUT2D eigenvalue weighted by molar-refractivity contribution is 6.30. The van der Waals surface area contributed by atoms with Crippen LogP contribution in [0.2, 0.25) is 5.02 Å². The number of anilines is 1. The number of methoxy groups -OCH3 is 2. The largest absolute Gasteiger partial charge is 0.497 e. The number of halogens is 1. The lowest BCUT2D eigenvalue weighted by Crippen LogP contribution is -2.12. The Morgan fingerprint density at radius 2 is 1.64 bits per heavy atom. The number of hydrogen-bond donors (Lipinski definition) is 1. The lowest BCUT2D eigenvalue weighted by Gasteiger charge is -2.10. The van der Waals surface area contributed by atoms with Gasteiger partial charge in [-0.25, -0.2) is 0 Å². The average molecular weight is 320 g/mol. The standard InChI is InChI=1S/C17H18ClNO3/c1-21-15-9-14(10-16(11-15)22-2)19-17(20)8-5-12-3-6-13(18)7-4-12/h3-4,6-7,9-11H,5,8H2,1-2H3,(H,19,20). The molecule has 2 aromatic rings. The third-order valence-corrected chi connectivity index (χ3v) is 3.44. The fraction of sp³-hybridized carbons (Fsp3) is 0.235. The summed E-state index contributed by atoms with van der Waals surface area (Å²) in [6.07, 6.45) is 1.05. The van der Waals surface area contributed by atoms with E-state index < -0.39 is 0 Å². The van der Waals surface area contributed by atoms with Gasteiger partial charge in [0, 0.05) is 35.3 Å². The van der Waals surface area contributed by atoms with Crippen molar-refractivity contribution in [1.29, 1.82) is 0 Å². The second-order valence-corrected chi connectivity index (χ2v) is 5.21. The SMILES string of the molecule is COc1cc(NC(=O)CCc2ccc(Cl)cc2)cc(OC)c1. The van der Waals surface area contributed by atoms with Crippen LogP contribution in [-0.2, 0) is 11.2 Å². The molecule has 0 aliphatic carbocycles. The Kier molecular flexibility index (Phi) is 5.67. The van der Waals surface area contributed by atoms with Crippen LogP contribution in [0.5, 0.6) is 11.5 Å². The number of aryl methyl sites for hydroxylation is 1. The van der Waals surface area contributed by atoms with Crippen molar-refractivity contribution in [3.8, 4) is 11.5 Å². The molecule has 2 aromatic carbocycles. The number of hydrogen-bond acceptors (Lipinski definition) is 3. The summed E-state index contributed by atoms with van der Waals surface area (Å²) in [5, 5.41) is 3.54. The Hall–Kier alpha value is -2.20. The topological polar surface area (TPSA) is 47.6 Å². The maximum absolute atomic E-state index is 12.0. The second-order valence-electron chi connectivity index (χ2n) is 4.78. The van der Waals surface area contributed by atoms with E-state index in [0.717, 1.165) is 5.56 Å². The van der Waals surface area contributed by atoms with Gasteiger partial charge in [0.15, 0.2) is 0 Å². The molecular weight excluding hydrogens is 302 g/mol. The van der Waals surface area contributed by atoms with Gasteiger partial charge in [-0.15, -0.1) is 0 Å². The number of benzene rings is 2. The smallest absolute Gasteiger partial charge is 0.224 e. The molecule has 0 fully saturated rings. The van der Waals surface area contributed by atoms with Crippen LogP contribution in [0.15, 0.2) is 42.5 Å². The Bertz CT molecular complexity index is 619. The molecule has 0 spiro atoms. The van der Waals surface area contributed by atoms with E-state index in [9.17, 15) is 4.79 Å². The molecule has 0 heterocycles. The molecule has 1 amide bonds.